The third-order valence-electron chi connectivity index (χ3n) is 5.38. The van der Waals surface area contributed by atoms with Gasteiger partial charge in [0.25, 0.3) is 0 Å². The highest BCUT2D eigenvalue weighted by Crippen LogP contribution is 2.32. The minimum Gasteiger partial charge on any atom is -0.493 e. The quantitative estimate of drug-likeness (QED) is 0.856. The number of rotatable bonds is 3. The minimum absolute atomic E-state index is 0.0129. The van der Waals surface area contributed by atoms with Crippen LogP contribution in [0.2, 0.25) is 0 Å². The number of nitrogens with one attached hydrogen (secondary N) is 2. The first kappa shape index (κ1) is 18.3. The first-order valence-electron chi connectivity index (χ1n) is 9.84. The number of fused-ring (bicyclic) bond motifs is 1. The number of benzene rings is 2. The molecule has 0 radical (unpaired) electrons. The highest BCUT2D eigenvalue weighted by Gasteiger charge is 2.31. The number of anilines is 1. The fourth-order valence-corrected chi connectivity index (χ4v) is 3.88. The lowest BCUT2D eigenvalue weighted by molar-refractivity contribution is -0.127. The van der Waals surface area contributed by atoms with Gasteiger partial charge in [-0.15, -0.1) is 0 Å². The van der Waals surface area contributed by atoms with E-state index in [1.807, 2.05) is 54.6 Å². The van der Waals surface area contributed by atoms with Gasteiger partial charge in [0, 0.05) is 30.8 Å². The number of hydrogen-bond donors (Lipinski definition) is 2. The Balaban J connectivity index is 1.37. The lowest BCUT2D eigenvalue weighted by atomic mass is 9.95. The Morgan fingerprint density at radius 1 is 1.00 bits per heavy atom. The van der Waals surface area contributed by atoms with E-state index in [1.165, 1.54) is 0 Å². The van der Waals surface area contributed by atoms with Gasteiger partial charge in [0.1, 0.15) is 5.75 Å². The average Bonchev–Trinajstić information content (AvgIpc) is 2.75. The van der Waals surface area contributed by atoms with Crippen molar-refractivity contribution in [3.63, 3.8) is 0 Å². The van der Waals surface area contributed by atoms with Gasteiger partial charge < -0.3 is 20.3 Å². The summed E-state index contributed by atoms with van der Waals surface area (Å²) < 4.78 is 5.67. The number of hydrogen-bond acceptors (Lipinski definition) is 3. The van der Waals surface area contributed by atoms with Gasteiger partial charge in [0.05, 0.1) is 18.6 Å². The van der Waals surface area contributed by atoms with Crippen LogP contribution in [-0.2, 0) is 4.79 Å². The van der Waals surface area contributed by atoms with E-state index >= 15 is 0 Å². The zero-order valence-electron chi connectivity index (χ0n) is 15.8. The van der Waals surface area contributed by atoms with Crippen molar-refractivity contribution in [2.75, 3.05) is 25.0 Å². The van der Waals surface area contributed by atoms with Crippen molar-refractivity contribution in [3.05, 3.63) is 60.2 Å². The van der Waals surface area contributed by atoms with Gasteiger partial charge in [-0.3, -0.25) is 4.79 Å². The fraction of sp³-hybridized carbons (Fsp3) is 0.364. The molecule has 2 aromatic carbocycles. The third-order valence-corrected chi connectivity index (χ3v) is 5.38. The molecule has 0 bridgehead atoms. The number of piperidine rings is 1. The molecule has 6 nitrogen and oxygen atoms in total. The summed E-state index contributed by atoms with van der Waals surface area (Å²) in [5.74, 6) is 0.663. The predicted octanol–water partition coefficient (Wildman–Crippen LogP) is 3.57. The molecule has 1 fully saturated rings. The van der Waals surface area contributed by atoms with Crippen LogP contribution in [-0.4, -0.2) is 36.5 Å². The maximum absolute atomic E-state index is 12.9. The predicted molar refractivity (Wildman–Crippen MR) is 107 cm³/mol. The lowest BCUT2D eigenvalue weighted by Crippen LogP contribution is -2.47. The van der Waals surface area contributed by atoms with E-state index < -0.39 is 0 Å². The van der Waals surface area contributed by atoms with Crippen LogP contribution in [0.3, 0.4) is 0 Å². The van der Waals surface area contributed by atoms with E-state index in [1.54, 1.807) is 4.90 Å². The molecule has 2 aliphatic rings. The number of amides is 3. The molecule has 2 heterocycles. The van der Waals surface area contributed by atoms with Crippen molar-refractivity contribution < 1.29 is 14.3 Å². The Hall–Kier alpha value is -3.02. The van der Waals surface area contributed by atoms with E-state index in [4.69, 9.17) is 4.74 Å². The Bertz CT molecular complexity index is 840. The van der Waals surface area contributed by atoms with Gasteiger partial charge in [-0.05, 0) is 31.0 Å². The largest absolute Gasteiger partial charge is 0.493 e. The summed E-state index contributed by atoms with van der Waals surface area (Å²) in [5.41, 5.74) is 1.79. The minimum atomic E-state index is -0.190. The first-order chi connectivity index (χ1) is 13.7. The highest BCUT2D eigenvalue weighted by molar-refractivity contribution is 5.90. The van der Waals surface area contributed by atoms with Crippen molar-refractivity contribution >= 4 is 17.6 Å². The number of carbonyl (C=O) groups is 2. The third kappa shape index (κ3) is 4.11. The SMILES string of the molecule is O=C(NC1CCOc2ccccc21)C1CCCN(C(=O)Nc2ccccc2)C1. The summed E-state index contributed by atoms with van der Waals surface area (Å²) in [4.78, 5) is 27.2. The number of para-hydroxylation sites is 2. The second-order valence-corrected chi connectivity index (χ2v) is 7.32. The topological polar surface area (TPSA) is 70.7 Å². The summed E-state index contributed by atoms with van der Waals surface area (Å²) >= 11 is 0. The molecule has 0 aromatic heterocycles. The van der Waals surface area contributed by atoms with Crippen molar-refractivity contribution in [2.45, 2.75) is 25.3 Å². The molecule has 4 rings (SSSR count). The highest BCUT2D eigenvalue weighted by atomic mass is 16.5. The molecule has 1 saturated heterocycles. The Labute approximate surface area is 164 Å². The average molecular weight is 379 g/mol. The van der Waals surface area contributed by atoms with Crippen molar-refractivity contribution in [1.82, 2.24) is 10.2 Å². The van der Waals surface area contributed by atoms with Crippen LogP contribution in [0, 0.1) is 5.92 Å². The van der Waals surface area contributed by atoms with Gasteiger partial charge in [0.2, 0.25) is 5.91 Å². The number of ether oxygens (including phenoxy) is 1. The number of nitrogens with zero attached hydrogens (tertiary/aromatic N) is 1. The van der Waals surface area contributed by atoms with Crippen molar-refractivity contribution in [1.29, 1.82) is 0 Å². The molecule has 2 unspecified atom stereocenters. The van der Waals surface area contributed by atoms with Gasteiger partial charge in [-0.1, -0.05) is 36.4 Å². The summed E-state index contributed by atoms with van der Waals surface area (Å²) in [6.45, 7) is 1.70. The van der Waals surface area contributed by atoms with Crippen LogP contribution in [0.1, 0.15) is 30.9 Å². The molecule has 0 aliphatic carbocycles. The summed E-state index contributed by atoms with van der Waals surface area (Å²) in [5, 5.41) is 6.08. The van der Waals surface area contributed by atoms with Crippen molar-refractivity contribution in [3.8, 4) is 5.75 Å². The summed E-state index contributed by atoms with van der Waals surface area (Å²) in [6.07, 6.45) is 2.38. The molecule has 6 heteroatoms. The Morgan fingerprint density at radius 3 is 2.64 bits per heavy atom. The maximum Gasteiger partial charge on any atom is 0.321 e. The van der Waals surface area contributed by atoms with Crippen molar-refractivity contribution in [2.24, 2.45) is 5.92 Å². The molecule has 0 spiro atoms. The normalized spacial score (nSPS) is 21.2. The number of carbonyl (C=O) groups excluding carboxylic acids is 2. The maximum atomic E-state index is 12.9. The van der Waals surface area contributed by atoms with E-state index in [0.717, 1.165) is 36.3 Å². The molecule has 2 aromatic rings. The van der Waals surface area contributed by atoms with E-state index in [0.29, 0.717) is 19.7 Å². The van der Waals surface area contributed by atoms with E-state index in [-0.39, 0.29) is 23.9 Å². The molecule has 3 amide bonds. The van der Waals surface area contributed by atoms with Gasteiger partial charge in [-0.25, -0.2) is 4.79 Å². The monoisotopic (exact) mass is 379 g/mol. The second kappa shape index (κ2) is 8.33. The number of likely N-dealkylation sites (tertiary alicyclic amines) is 1. The van der Waals surface area contributed by atoms with E-state index in [2.05, 4.69) is 10.6 Å². The molecule has 28 heavy (non-hydrogen) atoms. The zero-order valence-corrected chi connectivity index (χ0v) is 15.8. The van der Waals surface area contributed by atoms with Gasteiger partial charge >= 0.3 is 6.03 Å². The lowest BCUT2D eigenvalue weighted by Gasteiger charge is -2.34. The van der Waals surface area contributed by atoms with Crippen LogP contribution in [0.5, 0.6) is 5.75 Å². The zero-order chi connectivity index (χ0) is 19.3. The van der Waals surface area contributed by atoms with Crippen LogP contribution in [0.15, 0.2) is 54.6 Å². The molecule has 146 valence electrons. The van der Waals surface area contributed by atoms with E-state index in [9.17, 15) is 9.59 Å². The number of urea groups is 1. The second-order valence-electron chi connectivity index (χ2n) is 7.32. The van der Waals surface area contributed by atoms with Gasteiger partial charge in [0.15, 0.2) is 0 Å². The molecule has 2 atom stereocenters. The molecule has 2 N–H and O–H groups in total. The Morgan fingerprint density at radius 2 is 1.79 bits per heavy atom. The summed E-state index contributed by atoms with van der Waals surface area (Å²) in [6, 6.07) is 17.0. The summed E-state index contributed by atoms with van der Waals surface area (Å²) in [7, 11) is 0. The van der Waals surface area contributed by atoms with Gasteiger partial charge in [-0.2, -0.15) is 0 Å². The molecule has 0 saturated carbocycles. The molecule has 2 aliphatic heterocycles. The van der Waals surface area contributed by atoms with Crippen LogP contribution in [0.4, 0.5) is 10.5 Å². The Kier molecular flexibility index (Phi) is 5.46. The van der Waals surface area contributed by atoms with Crippen LogP contribution >= 0.6 is 0 Å². The standard InChI is InChI=1S/C22H25N3O3/c26-21(24-19-12-14-28-20-11-5-4-10-18(19)20)16-7-6-13-25(15-16)22(27)23-17-8-2-1-3-9-17/h1-5,8-11,16,19H,6-7,12-15H2,(H,23,27)(H,24,26). The fourth-order valence-electron chi connectivity index (χ4n) is 3.88. The van der Waals surface area contributed by atoms with Crippen LogP contribution < -0.4 is 15.4 Å². The van der Waals surface area contributed by atoms with Crippen LogP contribution in [0.25, 0.3) is 0 Å². The molecular formula is C22H25N3O3. The molecular weight excluding hydrogens is 354 g/mol. The first-order valence-corrected chi connectivity index (χ1v) is 9.84. The smallest absolute Gasteiger partial charge is 0.321 e.